The zero-order valence-electron chi connectivity index (χ0n) is 11.5. The average Bonchev–Trinajstić information content (AvgIpc) is 3.02. The number of hydrogen-bond donors (Lipinski definition) is 1. The first-order chi connectivity index (χ1) is 9.54. The van der Waals surface area contributed by atoms with Crippen LogP contribution in [0.1, 0.15) is 22.4 Å². The lowest BCUT2D eigenvalue weighted by Gasteiger charge is -2.28. The van der Waals surface area contributed by atoms with E-state index in [1.54, 1.807) is 29.6 Å². The lowest BCUT2D eigenvalue weighted by Crippen LogP contribution is -2.44. The van der Waals surface area contributed by atoms with Crippen LogP contribution < -0.4 is 5.73 Å². The van der Waals surface area contributed by atoms with E-state index in [0.717, 1.165) is 23.7 Å². The monoisotopic (exact) mass is 307 g/mol. The van der Waals surface area contributed by atoms with Crippen molar-refractivity contribution in [1.82, 2.24) is 9.88 Å². The molecule has 1 amide bonds. The second-order valence-corrected chi connectivity index (χ2v) is 7.31. The molecule has 6 heteroatoms. The van der Waals surface area contributed by atoms with Crippen molar-refractivity contribution in [2.75, 3.05) is 6.54 Å². The highest BCUT2D eigenvalue weighted by atomic mass is 32.1. The van der Waals surface area contributed by atoms with Crippen LogP contribution in [0, 0.1) is 6.92 Å². The minimum atomic E-state index is -0.421. The Hall–Kier alpha value is -1.24. The first-order valence-corrected chi connectivity index (χ1v) is 8.32. The molecule has 0 saturated carbocycles. The number of nitrogens with zero attached hydrogens (tertiary/aromatic N) is 2. The molecule has 2 aromatic rings. The molecule has 3 rings (SSSR count). The minimum absolute atomic E-state index is 0.0351. The first-order valence-electron chi connectivity index (χ1n) is 6.63. The molecular weight excluding hydrogens is 290 g/mol. The van der Waals surface area contributed by atoms with Crippen molar-refractivity contribution in [1.29, 1.82) is 0 Å². The minimum Gasteiger partial charge on any atom is -0.337 e. The van der Waals surface area contributed by atoms with Crippen molar-refractivity contribution in [2.45, 2.75) is 32.9 Å². The highest BCUT2D eigenvalue weighted by molar-refractivity contribution is 7.16. The molecule has 1 atom stereocenters. The van der Waals surface area contributed by atoms with Crippen LogP contribution in [0.15, 0.2) is 11.4 Å². The third-order valence-electron chi connectivity index (χ3n) is 3.44. The fourth-order valence-electron chi connectivity index (χ4n) is 2.41. The van der Waals surface area contributed by atoms with Gasteiger partial charge in [0.25, 0.3) is 0 Å². The zero-order valence-corrected chi connectivity index (χ0v) is 13.2. The molecule has 0 fully saturated rings. The Kier molecular flexibility index (Phi) is 3.62. The van der Waals surface area contributed by atoms with E-state index in [9.17, 15) is 4.79 Å². The summed E-state index contributed by atoms with van der Waals surface area (Å²) in [4.78, 5) is 21.0. The molecule has 106 valence electrons. The number of thiazole rings is 1. The van der Waals surface area contributed by atoms with Crippen LogP contribution in [0.4, 0.5) is 0 Å². The molecule has 2 aromatic heterocycles. The van der Waals surface area contributed by atoms with Gasteiger partial charge < -0.3 is 10.6 Å². The third-order valence-corrected chi connectivity index (χ3v) is 5.47. The van der Waals surface area contributed by atoms with Gasteiger partial charge >= 0.3 is 0 Å². The van der Waals surface area contributed by atoms with E-state index in [-0.39, 0.29) is 5.91 Å². The second-order valence-electron chi connectivity index (χ2n) is 5.11. The summed E-state index contributed by atoms with van der Waals surface area (Å²) < 4.78 is 0. The molecule has 0 bridgehead atoms. The number of thiophene rings is 1. The summed E-state index contributed by atoms with van der Waals surface area (Å²) in [5.41, 5.74) is 7.99. The Bertz CT molecular complexity index is 645. The number of amides is 1. The molecule has 0 saturated heterocycles. The van der Waals surface area contributed by atoms with E-state index >= 15 is 0 Å². The van der Waals surface area contributed by atoms with Crippen LogP contribution in [0.2, 0.25) is 0 Å². The highest BCUT2D eigenvalue weighted by Gasteiger charge is 2.25. The van der Waals surface area contributed by atoms with Crippen molar-refractivity contribution in [3.63, 3.8) is 0 Å². The van der Waals surface area contributed by atoms with Gasteiger partial charge in [-0.25, -0.2) is 4.98 Å². The molecule has 0 aromatic carbocycles. The molecule has 1 aliphatic rings. The number of carbonyl (C=O) groups is 1. The fraction of sp³-hybridized carbons (Fsp3) is 0.429. The van der Waals surface area contributed by atoms with E-state index < -0.39 is 6.04 Å². The third kappa shape index (κ3) is 2.51. The fourth-order valence-corrected chi connectivity index (χ4v) is 4.22. The number of carbonyl (C=O) groups excluding carboxylic acids is 1. The number of nitrogens with two attached hydrogens (primary N) is 1. The van der Waals surface area contributed by atoms with E-state index in [1.807, 2.05) is 11.8 Å². The van der Waals surface area contributed by atoms with Crippen LogP contribution in [0.5, 0.6) is 0 Å². The van der Waals surface area contributed by atoms with E-state index in [0.29, 0.717) is 6.54 Å². The summed E-state index contributed by atoms with van der Waals surface area (Å²) in [6, 6.07) is 1.76. The maximum absolute atomic E-state index is 12.0. The van der Waals surface area contributed by atoms with Gasteiger partial charge in [0.2, 0.25) is 5.91 Å². The van der Waals surface area contributed by atoms with Gasteiger partial charge in [0.05, 0.1) is 21.6 Å². The maximum atomic E-state index is 12.0. The lowest BCUT2D eigenvalue weighted by atomic mass is 10.1. The summed E-state index contributed by atoms with van der Waals surface area (Å²) >= 11 is 3.47. The number of aryl methyl sites for hydroxylation is 1. The van der Waals surface area contributed by atoms with E-state index in [2.05, 4.69) is 16.4 Å². The number of rotatable bonds is 2. The zero-order chi connectivity index (χ0) is 14.3. The van der Waals surface area contributed by atoms with Gasteiger partial charge in [0.15, 0.2) is 0 Å². The first kappa shape index (κ1) is 13.7. The summed E-state index contributed by atoms with van der Waals surface area (Å²) in [7, 11) is 0. The summed E-state index contributed by atoms with van der Waals surface area (Å²) in [5, 5.41) is 3.18. The standard InChI is InChI=1S/C14H17N3OS2/c1-8(15)14(18)17-4-3-12-10(6-17)5-13(20-12)11-7-19-9(2)16-11/h5,7-8H,3-4,6,15H2,1-2H3/t8-/m1/s1. The van der Waals surface area contributed by atoms with Crippen molar-refractivity contribution in [3.05, 3.63) is 26.9 Å². The molecule has 1 aliphatic heterocycles. The molecule has 3 heterocycles. The Labute approximate surface area is 126 Å². The van der Waals surface area contributed by atoms with Crippen molar-refractivity contribution in [2.24, 2.45) is 5.73 Å². The molecule has 20 heavy (non-hydrogen) atoms. The van der Waals surface area contributed by atoms with Crippen LogP contribution in [-0.2, 0) is 17.8 Å². The predicted molar refractivity (Wildman–Crippen MR) is 82.9 cm³/mol. The second kappa shape index (κ2) is 5.27. The molecule has 4 nitrogen and oxygen atoms in total. The highest BCUT2D eigenvalue weighted by Crippen LogP contribution is 2.35. The van der Waals surface area contributed by atoms with Gasteiger partial charge in [-0.2, -0.15) is 0 Å². The quantitative estimate of drug-likeness (QED) is 0.927. The number of fused-ring (bicyclic) bond motifs is 1. The molecular formula is C14H17N3OS2. The summed E-state index contributed by atoms with van der Waals surface area (Å²) in [6.45, 7) is 5.21. The van der Waals surface area contributed by atoms with Crippen molar-refractivity contribution < 1.29 is 4.79 Å². The van der Waals surface area contributed by atoms with Crippen LogP contribution in [-0.4, -0.2) is 28.4 Å². The van der Waals surface area contributed by atoms with Gasteiger partial charge in [-0.15, -0.1) is 22.7 Å². The SMILES string of the molecule is Cc1nc(-c2cc3c(s2)CCN(C(=O)[C@@H](C)N)C3)cs1. The Balaban J connectivity index is 1.84. The lowest BCUT2D eigenvalue weighted by molar-refractivity contribution is -0.133. The topological polar surface area (TPSA) is 59.2 Å². The van der Waals surface area contributed by atoms with Crippen LogP contribution in [0.25, 0.3) is 10.6 Å². The predicted octanol–water partition coefficient (Wildman–Crippen LogP) is 2.41. The normalized spacial score (nSPS) is 16.1. The number of hydrogen-bond acceptors (Lipinski definition) is 5. The molecule has 0 radical (unpaired) electrons. The Morgan fingerprint density at radius 2 is 2.35 bits per heavy atom. The molecule has 0 spiro atoms. The maximum Gasteiger partial charge on any atom is 0.239 e. The summed E-state index contributed by atoms with van der Waals surface area (Å²) in [5.74, 6) is 0.0351. The van der Waals surface area contributed by atoms with Crippen LogP contribution in [0.3, 0.4) is 0 Å². The van der Waals surface area contributed by atoms with Gasteiger partial charge in [-0.1, -0.05) is 0 Å². The average molecular weight is 307 g/mol. The largest absolute Gasteiger partial charge is 0.337 e. The molecule has 0 aliphatic carbocycles. The number of aromatic nitrogens is 1. The Morgan fingerprint density at radius 1 is 1.55 bits per heavy atom. The van der Waals surface area contributed by atoms with Crippen LogP contribution >= 0.6 is 22.7 Å². The molecule has 2 N–H and O–H groups in total. The van der Waals surface area contributed by atoms with Gasteiger partial charge in [0.1, 0.15) is 0 Å². The van der Waals surface area contributed by atoms with Gasteiger partial charge in [-0.3, -0.25) is 4.79 Å². The molecule has 0 unspecified atom stereocenters. The van der Waals surface area contributed by atoms with Gasteiger partial charge in [-0.05, 0) is 31.9 Å². The smallest absolute Gasteiger partial charge is 0.239 e. The summed E-state index contributed by atoms with van der Waals surface area (Å²) in [6.07, 6.45) is 0.918. The van der Waals surface area contributed by atoms with Gasteiger partial charge in [0, 0.05) is 23.3 Å². The van der Waals surface area contributed by atoms with E-state index in [4.69, 9.17) is 5.73 Å². The van der Waals surface area contributed by atoms with Crippen molar-refractivity contribution >= 4 is 28.6 Å². The van der Waals surface area contributed by atoms with E-state index in [1.165, 1.54) is 15.3 Å². The van der Waals surface area contributed by atoms with Crippen molar-refractivity contribution in [3.8, 4) is 10.6 Å². The Morgan fingerprint density at radius 3 is 3.00 bits per heavy atom.